The van der Waals surface area contributed by atoms with E-state index in [2.05, 4.69) is 28.0 Å². The summed E-state index contributed by atoms with van der Waals surface area (Å²) in [5.41, 5.74) is 4.20. The molecule has 12 heteroatoms. The molecule has 0 saturated carbocycles. The van der Waals surface area contributed by atoms with E-state index in [1.54, 1.807) is 6.92 Å². The van der Waals surface area contributed by atoms with Crippen LogP contribution in [0.3, 0.4) is 0 Å². The summed E-state index contributed by atoms with van der Waals surface area (Å²) in [4.78, 5) is 24.0. The monoisotopic (exact) mass is 711 g/mol. The van der Waals surface area contributed by atoms with Gasteiger partial charge in [-0.2, -0.15) is 13.2 Å². The van der Waals surface area contributed by atoms with Crippen LogP contribution in [0.5, 0.6) is 11.5 Å². The van der Waals surface area contributed by atoms with Crippen molar-refractivity contribution in [2.45, 2.75) is 63.1 Å². The lowest BCUT2D eigenvalue weighted by molar-refractivity contribution is -0.145. The van der Waals surface area contributed by atoms with Crippen LogP contribution in [0, 0.1) is 6.92 Å². The van der Waals surface area contributed by atoms with E-state index in [9.17, 15) is 18.0 Å². The number of piperazine rings is 1. The third-order valence-corrected chi connectivity index (χ3v) is 11.0. The minimum atomic E-state index is -4.40. The molecular formula is C37H40F3N3O4S2. The van der Waals surface area contributed by atoms with Crippen molar-refractivity contribution in [3.05, 3.63) is 87.9 Å². The van der Waals surface area contributed by atoms with E-state index in [1.807, 2.05) is 39.0 Å². The van der Waals surface area contributed by atoms with Crippen LogP contribution in [0.4, 0.5) is 18.9 Å². The van der Waals surface area contributed by atoms with Gasteiger partial charge in [0.2, 0.25) is 0 Å². The van der Waals surface area contributed by atoms with Crippen LogP contribution in [0.15, 0.2) is 65.6 Å². The number of alkyl halides is 3. The van der Waals surface area contributed by atoms with Crippen LogP contribution < -0.4 is 14.4 Å². The number of benzene rings is 3. The van der Waals surface area contributed by atoms with Crippen molar-refractivity contribution in [2.75, 3.05) is 44.3 Å². The lowest BCUT2D eigenvalue weighted by atomic mass is 10.1. The number of fused-ring (bicyclic) bond motifs is 1. The predicted molar refractivity (Wildman–Crippen MR) is 188 cm³/mol. The zero-order valence-corrected chi connectivity index (χ0v) is 29.7. The first-order valence-electron chi connectivity index (χ1n) is 16.4. The Morgan fingerprint density at radius 3 is 2.47 bits per heavy atom. The molecule has 0 unspecified atom stereocenters. The van der Waals surface area contributed by atoms with Gasteiger partial charge in [-0.05, 0) is 87.4 Å². The summed E-state index contributed by atoms with van der Waals surface area (Å²) < 4.78 is 56.2. The van der Waals surface area contributed by atoms with Gasteiger partial charge in [0.1, 0.15) is 27.9 Å². The fourth-order valence-electron chi connectivity index (χ4n) is 5.92. The van der Waals surface area contributed by atoms with E-state index in [0.717, 1.165) is 78.1 Å². The maximum atomic E-state index is 13.2. The molecule has 1 saturated heterocycles. The van der Waals surface area contributed by atoms with Crippen molar-refractivity contribution < 1.29 is 32.2 Å². The molecule has 4 aromatic rings. The Balaban J connectivity index is 1.17. The largest absolute Gasteiger partial charge is 0.493 e. The Bertz CT molecular complexity index is 1780. The Hall–Kier alpha value is -3.74. The van der Waals surface area contributed by atoms with Crippen LogP contribution in [0.1, 0.15) is 48.0 Å². The number of carbonyl (C=O) groups is 1. The molecule has 260 valence electrons. The normalized spacial score (nSPS) is 15.2. The van der Waals surface area contributed by atoms with Gasteiger partial charge in [0.25, 0.3) is 0 Å². The second-order valence-corrected chi connectivity index (χ2v) is 15.4. The van der Waals surface area contributed by atoms with Gasteiger partial charge < -0.3 is 19.1 Å². The topological polar surface area (TPSA) is 64.1 Å². The second kappa shape index (κ2) is 14.6. The summed E-state index contributed by atoms with van der Waals surface area (Å²) in [5, 5.41) is 0.658. The molecular weight excluding hydrogens is 672 g/mol. The summed E-state index contributed by atoms with van der Waals surface area (Å²) in [6.45, 7) is 12.8. The van der Waals surface area contributed by atoms with Gasteiger partial charge in [-0.3, -0.25) is 9.69 Å². The zero-order valence-electron chi connectivity index (χ0n) is 28.1. The Morgan fingerprint density at radius 1 is 1.02 bits per heavy atom. The molecule has 6 rings (SSSR count). The van der Waals surface area contributed by atoms with Crippen molar-refractivity contribution in [3.63, 3.8) is 0 Å². The molecule has 2 aliphatic heterocycles. The first kappa shape index (κ1) is 35.1. The number of thioether (sulfide) groups is 1. The Labute approximate surface area is 293 Å². The molecule has 0 atom stereocenters. The minimum absolute atomic E-state index is 0.265. The zero-order chi connectivity index (χ0) is 34.8. The number of carbonyl (C=O) groups excluding carboxylic acids is 1. The fraction of sp³-hybridized carbons (Fsp3) is 0.405. The summed E-state index contributed by atoms with van der Waals surface area (Å²) >= 11 is 2.88. The molecule has 0 N–H and O–H groups in total. The fourth-order valence-corrected chi connectivity index (χ4v) is 8.01. The number of aryl methyl sites for hydroxylation is 1. The SMILES string of the molecule is CCOC(=O)C(C)(C)Sc1ccc(OCc2sc(-c3ccc(C(F)(F)F)cc3)nc2CN2CCN(c3ccc4c(c3)CCO4)CC2)c(C)c1. The number of anilines is 1. The summed E-state index contributed by atoms with van der Waals surface area (Å²) in [6.07, 6.45) is -3.46. The Morgan fingerprint density at radius 2 is 1.78 bits per heavy atom. The van der Waals surface area contributed by atoms with Crippen LogP contribution in [0.2, 0.25) is 0 Å². The van der Waals surface area contributed by atoms with Crippen LogP contribution in [-0.4, -0.2) is 60.0 Å². The van der Waals surface area contributed by atoms with Gasteiger partial charge in [-0.1, -0.05) is 12.1 Å². The first-order valence-corrected chi connectivity index (χ1v) is 18.0. The van der Waals surface area contributed by atoms with Crippen molar-refractivity contribution in [3.8, 4) is 22.1 Å². The molecule has 3 heterocycles. The van der Waals surface area contributed by atoms with E-state index >= 15 is 0 Å². The number of nitrogens with zero attached hydrogens (tertiary/aromatic N) is 3. The third-order valence-electron chi connectivity index (χ3n) is 8.67. The molecule has 7 nitrogen and oxygen atoms in total. The molecule has 0 amide bonds. The average molecular weight is 712 g/mol. The highest BCUT2D eigenvalue weighted by molar-refractivity contribution is 8.01. The number of ether oxygens (including phenoxy) is 3. The van der Waals surface area contributed by atoms with Crippen LogP contribution >= 0.6 is 23.1 Å². The molecule has 2 aliphatic rings. The van der Waals surface area contributed by atoms with Crippen molar-refractivity contribution in [1.82, 2.24) is 9.88 Å². The van der Waals surface area contributed by atoms with E-state index in [-0.39, 0.29) is 12.6 Å². The lowest BCUT2D eigenvalue weighted by Crippen LogP contribution is -2.46. The number of thiazole rings is 1. The summed E-state index contributed by atoms with van der Waals surface area (Å²) in [5.74, 6) is 1.42. The number of hydrogen-bond acceptors (Lipinski definition) is 9. The molecule has 1 fully saturated rings. The second-order valence-electron chi connectivity index (χ2n) is 12.7. The Kier molecular flexibility index (Phi) is 10.5. The van der Waals surface area contributed by atoms with Gasteiger partial charge in [0, 0.05) is 55.3 Å². The highest BCUT2D eigenvalue weighted by Crippen LogP contribution is 2.37. The van der Waals surface area contributed by atoms with Gasteiger partial charge in [-0.15, -0.1) is 23.1 Å². The van der Waals surface area contributed by atoms with Crippen LogP contribution in [0.25, 0.3) is 10.6 Å². The van der Waals surface area contributed by atoms with Gasteiger partial charge >= 0.3 is 12.1 Å². The third kappa shape index (κ3) is 8.36. The number of esters is 1. The van der Waals surface area contributed by atoms with E-state index in [0.29, 0.717) is 29.5 Å². The van der Waals surface area contributed by atoms with Crippen molar-refractivity contribution in [2.24, 2.45) is 0 Å². The standard InChI is InChI=1S/C37H40F3N3O4S2/c1-5-45-35(44)36(3,4)49-29-11-13-31(24(2)20-29)47-23-33-30(41-34(48-33)25-6-8-27(9-7-25)37(38,39)40)22-42-15-17-43(18-16-42)28-10-12-32-26(21-28)14-19-46-32/h6-13,20-21H,5,14-19,22-23H2,1-4H3. The van der Waals surface area contributed by atoms with Crippen molar-refractivity contribution >= 4 is 34.8 Å². The van der Waals surface area contributed by atoms with E-state index in [1.165, 1.54) is 46.5 Å². The summed E-state index contributed by atoms with van der Waals surface area (Å²) in [6, 6.07) is 17.4. The maximum absolute atomic E-state index is 13.2. The van der Waals surface area contributed by atoms with Gasteiger partial charge in [0.15, 0.2) is 0 Å². The maximum Gasteiger partial charge on any atom is 0.416 e. The minimum Gasteiger partial charge on any atom is -0.493 e. The number of rotatable bonds is 11. The number of hydrogen-bond donors (Lipinski definition) is 0. The predicted octanol–water partition coefficient (Wildman–Crippen LogP) is 8.41. The molecule has 0 spiro atoms. The first-order chi connectivity index (χ1) is 23.4. The quantitative estimate of drug-likeness (QED) is 0.114. The van der Waals surface area contributed by atoms with Gasteiger partial charge in [0.05, 0.1) is 29.3 Å². The van der Waals surface area contributed by atoms with E-state index < -0.39 is 16.5 Å². The number of aromatic nitrogens is 1. The molecule has 0 bridgehead atoms. The average Bonchev–Trinajstić information content (AvgIpc) is 3.71. The van der Waals surface area contributed by atoms with E-state index in [4.69, 9.17) is 19.2 Å². The molecule has 0 aliphatic carbocycles. The van der Waals surface area contributed by atoms with Crippen molar-refractivity contribution in [1.29, 1.82) is 0 Å². The van der Waals surface area contributed by atoms with Gasteiger partial charge in [-0.25, -0.2) is 4.98 Å². The highest BCUT2D eigenvalue weighted by atomic mass is 32.2. The summed E-state index contributed by atoms with van der Waals surface area (Å²) in [7, 11) is 0. The molecule has 49 heavy (non-hydrogen) atoms. The lowest BCUT2D eigenvalue weighted by Gasteiger charge is -2.36. The molecule has 0 radical (unpaired) electrons. The number of halogens is 3. The molecule has 1 aromatic heterocycles. The molecule has 3 aromatic carbocycles. The van der Waals surface area contributed by atoms with Crippen LogP contribution in [-0.2, 0) is 35.3 Å². The smallest absolute Gasteiger partial charge is 0.416 e. The highest BCUT2D eigenvalue weighted by Gasteiger charge is 2.31.